The molecule has 0 radical (unpaired) electrons. The molecular weight excluding hydrogens is 280 g/mol. The Kier molecular flexibility index (Phi) is 5.25. The molecule has 0 saturated carbocycles. The van der Waals surface area contributed by atoms with Crippen LogP contribution in [0.1, 0.15) is 0 Å². The summed E-state index contributed by atoms with van der Waals surface area (Å²) >= 11 is 0. The molecule has 0 fully saturated rings. The third-order valence-electron chi connectivity index (χ3n) is 3.36. The van der Waals surface area contributed by atoms with Gasteiger partial charge in [-0.3, -0.25) is 4.79 Å². The van der Waals surface area contributed by atoms with Crippen LogP contribution >= 0.6 is 0 Å². The Morgan fingerprint density at radius 2 is 1.82 bits per heavy atom. The third kappa shape index (κ3) is 3.69. The number of hydrogen-bond acceptors (Lipinski definition) is 4. The second-order valence-electron chi connectivity index (χ2n) is 4.71. The van der Waals surface area contributed by atoms with E-state index in [1.54, 1.807) is 32.2 Å². The number of ether oxygens (including phenoxy) is 2. The first-order valence-corrected chi connectivity index (χ1v) is 6.93. The predicted octanol–water partition coefficient (Wildman–Crippen LogP) is 2.78. The van der Waals surface area contributed by atoms with Crippen molar-refractivity contribution in [2.24, 2.45) is 0 Å². The van der Waals surface area contributed by atoms with Crippen molar-refractivity contribution in [2.45, 2.75) is 0 Å². The molecule has 0 unspecified atom stereocenters. The zero-order valence-corrected chi connectivity index (χ0v) is 13.0. The molecular formula is C17H20N2O3. The molecule has 116 valence electrons. The molecule has 1 N–H and O–H groups in total. The number of carbonyl (C=O) groups excluding carboxylic acids is 1. The van der Waals surface area contributed by atoms with Crippen LogP contribution in [-0.2, 0) is 4.79 Å². The largest absolute Gasteiger partial charge is 0.497 e. The molecule has 0 aliphatic heterocycles. The van der Waals surface area contributed by atoms with Crippen LogP contribution in [0.15, 0.2) is 48.5 Å². The van der Waals surface area contributed by atoms with Gasteiger partial charge in [0.05, 0.1) is 26.5 Å². The van der Waals surface area contributed by atoms with Gasteiger partial charge in [0.2, 0.25) is 5.91 Å². The van der Waals surface area contributed by atoms with Crippen molar-refractivity contribution >= 4 is 17.3 Å². The molecule has 5 nitrogen and oxygen atoms in total. The maximum Gasteiger partial charge on any atom is 0.246 e. The Morgan fingerprint density at radius 1 is 1.09 bits per heavy atom. The normalized spacial score (nSPS) is 9.95. The number of methoxy groups -OCH3 is 2. The molecule has 2 rings (SSSR count). The van der Waals surface area contributed by atoms with E-state index in [1.165, 1.54) is 0 Å². The van der Waals surface area contributed by atoms with Crippen LogP contribution in [0, 0.1) is 0 Å². The number of nitrogens with one attached hydrogen (secondary N) is 1. The number of hydrogen-bond donors (Lipinski definition) is 1. The van der Waals surface area contributed by atoms with Gasteiger partial charge in [-0.15, -0.1) is 0 Å². The van der Waals surface area contributed by atoms with Crippen molar-refractivity contribution < 1.29 is 14.3 Å². The topological polar surface area (TPSA) is 50.8 Å². The van der Waals surface area contributed by atoms with E-state index in [2.05, 4.69) is 5.32 Å². The lowest BCUT2D eigenvalue weighted by atomic mass is 10.2. The number of carbonyl (C=O) groups is 1. The minimum atomic E-state index is -0.0379. The molecule has 1 amide bonds. The minimum absolute atomic E-state index is 0.0379. The summed E-state index contributed by atoms with van der Waals surface area (Å²) in [7, 11) is 4.93. The fraction of sp³-hybridized carbons (Fsp3) is 0.235. The van der Waals surface area contributed by atoms with Crippen molar-refractivity contribution in [1.29, 1.82) is 0 Å². The molecule has 0 saturated heterocycles. The van der Waals surface area contributed by atoms with Gasteiger partial charge in [-0.1, -0.05) is 18.2 Å². The van der Waals surface area contributed by atoms with Crippen LogP contribution in [0.25, 0.3) is 0 Å². The van der Waals surface area contributed by atoms with Crippen molar-refractivity contribution in [3.05, 3.63) is 48.5 Å². The maximum atomic E-state index is 12.2. The SMILES string of the molecule is COc1ccc(NCC(=O)N(C)c2ccccc2)c(OC)c1. The lowest BCUT2D eigenvalue weighted by molar-refractivity contribution is -0.116. The predicted molar refractivity (Wildman–Crippen MR) is 87.9 cm³/mol. The van der Waals surface area contributed by atoms with E-state index in [9.17, 15) is 4.79 Å². The molecule has 0 spiro atoms. The summed E-state index contributed by atoms with van der Waals surface area (Å²) in [6.45, 7) is 0.175. The highest BCUT2D eigenvalue weighted by Crippen LogP contribution is 2.28. The van der Waals surface area contributed by atoms with E-state index >= 15 is 0 Å². The summed E-state index contributed by atoms with van der Waals surface area (Å²) in [5.41, 5.74) is 1.61. The van der Waals surface area contributed by atoms with Gasteiger partial charge in [0.25, 0.3) is 0 Å². The van der Waals surface area contributed by atoms with E-state index < -0.39 is 0 Å². The minimum Gasteiger partial charge on any atom is -0.497 e. The summed E-state index contributed by atoms with van der Waals surface area (Å²) in [5, 5.41) is 3.09. The molecule has 2 aromatic rings. The van der Waals surface area contributed by atoms with Crippen LogP contribution in [0.2, 0.25) is 0 Å². The first kappa shape index (κ1) is 15.7. The van der Waals surface area contributed by atoms with E-state index in [0.717, 1.165) is 11.4 Å². The Morgan fingerprint density at radius 3 is 2.45 bits per heavy atom. The van der Waals surface area contributed by atoms with Crippen molar-refractivity contribution in [3.8, 4) is 11.5 Å². The molecule has 0 atom stereocenters. The molecule has 5 heteroatoms. The van der Waals surface area contributed by atoms with Gasteiger partial charge in [-0.25, -0.2) is 0 Å². The van der Waals surface area contributed by atoms with Gasteiger partial charge in [0.1, 0.15) is 11.5 Å². The van der Waals surface area contributed by atoms with Crippen LogP contribution in [0.4, 0.5) is 11.4 Å². The first-order chi connectivity index (χ1) is 10.7. The molecule has 2 aromatic carbocycles. The fourth-order valence-electron chi connectivity index (χ4n) is 2.03. The second-order valence-corrected chi connectivity index (χ2v) is 4.71. The molecule has 0 aliphatic carbocycles. The number of anilines is 2. The highest BCUT2D eigenvalue weighted by molar-refractivity contribution is 5.95. The highest BCUT2D eigenvalue weighted by atomic mass is 16.5. The Bertz CT molecular complexity index is 629. The third-order valence-corrected chi connectivity index (χ3v) is 3.36. The standard InChI is InChI=1S/C17H20N2O3/c1-19(13-7-5-4-6-8-13)17(20)12-18-15-10-9-14(21-2)11-16(15)22-3/h4-11,18H,12H2,1-3H3. The molecule has 22 heavy (non-hydrogen) atoms. The number of likely N-dealkylation sites (N-methyl/N-ethyl adjacent to an activating group) is 1. The maximum absolute atomic E-state index is 12.2. The molecule has 0 aromatic heterocycles. The zero-order valence-electron chi connectivity index (χ0n) is 13.0. The number of amides is 1. The van der Waals surface area contributed by atoms with Gasteiger partial charge < -0.3 is 19.7 Å². The van der Waals surface area contributed by atoms with E-state index in [0.29, 0.717) is 11.5 Å². The Labute approximate surface area is 130 Å². The van der Waals surface area contributed by atoms with Crippen LogP contribution < -0.4 is 19.7 Å². The summed E-state index contributed by atoms with van der Waals surface area (Å²) in [5.74, 6) is 1.30. The first-order valence-electron chi connectivity index (χ1n) is 6.93. The number of benzene rings is 2. The quantitative estimate of drug-likeness (QED) is 0.891. The van der Waals surface area contributed by atoms with Crippen molar-refractivity contribution in [3.63, 3.8) is 0 Å². The van der Waals surface area contributed by atoms with E-state index in [1.807, 2.05) is 42.5 Å². The Hall–Kier alpha value is -2.69. The van der Waals surface area contributed by atoms with Crippen LogP contribution in [0.3, 0.4) is 0 Å². The monoisotopic (exact) mass is 300 g/mol. The van der Waals surface area contributed by atoms with Crippen LogP contribution in [0.5, 0.6) is 11.5 Å². The average Bonchev–Trinajstić information content (AvgIpc) is 2.59. The molecule has 0 aliphatic rings. The lowest BCUT2D eigenvalue weighted by Crippen LogP contribution is -2.32. The summed E-state index contributed by atoms with van der Waals surface area (Å²) in [6, 6.07) is 14.9. The summed E-state index contributed by atoms with van der Waals surface area (Å²) < 4.78 is 10.4. The van der Waals surface area contributed by atoms with Gasteiger partial charge in [-0.05, 0) is 24.3 Å². The molecule has 0 heterocycles. The van der Waals surface area contributed by atoms with Gasteiger partial charge >= 0.3 is 0 Å². The molecule has 0 bridgehead atoms. The summed E-state index contributed by atoms with van der Waals surface area (Å²) in [6.07, 6.45) is 0. The number of para-hydroxylation sites is 1. The zero-order chi connectivity index (χ0) is 15.9. The van der Waals surface area contributed by atoms with E-state index in [-0.39, 0.29) is 12.5 Å². The van der Waals surface area contributed by atoms with Gasteiger partial charge in [-0.2, -0.15) is 0 Å². The van der Waals surface area contributed by atoms with E-state index in [4.69, 9.17) is 9.47 Å². The van der Waals surface area contributed by atoms with Crippen molar-refractivity contribution in [1.82, 2.24) is 0 Å². The van der Waals surface area contributed by atoms with Gasteiger partial charge in [0.15, 0.2) is 0 Å². The highest BCUT2D eigenvalue weighted by Gasteiger charge is 2.12. The Balaban J connectivity index is 2.02. The summed E-state index contributed by atoms with van der Waals surface area (Å²) in [4.78, 5) is 13.9. The van der Waals surface area contributed by atoms with Crippen LogP contribution in [-0.4, -0.2) is 33.7 Å². The average molecular weight is 300 g/mol. The second kappa shape index (κ2) is 7.36. The fourth-order valence-corrected chi connectivity index (χ4v) is 2.03. The van der Waals surface area contributed by atoms with Crippen molar-refractivity contribution in [2.75, 3.05) is 38.0 Å². The smallest absolute Gasteiger partial charge is 0.246 e. The number of nitrogens with zero attached hydrogens (tertiary/aromatic N) is 1. The van der Waals surface area contributed by atoms with Gasteiger partial charge in [0, 0.05) is 18.8 Å². The number of rotatable bonds is 6. The lowest BCUT2D eigenvalue weighted by Gasteiger charge is -2.18.